The minimum Gasteiger partial charge on any atom is -0.493 e. The summed E-state index contributed by atoms with van der Waals surface area (Å²) < 4.78 is 16.7. The van der Waals surface area contributed by atoms with Gasteiger partial charge in [-0.3, -0.25) is 0 Å². The Hall–Kier alpha value is -2.95. The van der Waals surface area contributed by atoms with Gasteiger partial charge in [0.05, 0.1) is 26.4 Å². The van der Waals surface area contributed by atoms with E-state index in [2.05, 4.69) is 5.16 Å². The molecule has 0 aliphatic carbocycles. The van der Waals surface area contributed by atoms with Gasteiger partial charge in [0, 0.05) is 17.2 Å². The first kappa shape index (κ1) is 14.6. The lowest BCUT2D eigenvalue weighted by atomic mass is 9.99. The van der Waals surface area contributed by atoms with Crippen LogP contribution in [-0.2, 0) is 4.84 Å². The van der Waals surface area contributed by atoms with E-state index in [1.807, 2.05) is 54.6 Å². The fourth-order valence-electron chi connectivity index (χ4n) is 2.89. The van der Waals surface area contributed by atoms with Gasteiger partial charge in [0.25, 0.3) is 0 Å². The minimum absolute atomic E-state index is 0.521. The Morgan fingerprint density at radius 2 is 1.88 bits per heavy atom. The molecule has 1 atom stereocenters. The number of benzene rings is 2. The third kappa shape index (κ3) is 2.38. The van der Waals surface area contributed by atoms with Crippen molar-refractivity contribution in [1.29, 1.82) is 0 Å². The molecule has 0 saturated heterocycles. The van der Waals surface area contributed by atoms with Crippen LogP contribution >= 0.6 is 0 Å². The molecule has 2 aliphatic rings. The highest BCUT2D eigenvalue weighted by Crippen LogP contribution is 2.38. The molecular formula is C19H17NO4. The molecule has 0 radical (unpaired) electrons. The number of ether oxygens (including phenoxy) is 3. The molecule has 4 rings (SSSR count). The molecule has 2 heterocycles. The van der Waals surface area contributed by atoms with Crippen molar-refractivity contribution in [2.24, 2.45) is 5.16 Å². The SMILES string of the molecule is COc1ccc(C2=NOC3(C=Cc4ccccc4O3)C2)cc1OC. The molecule has 2 aromatic carbocycles. The van der Waals surface area contributed by atoms with Crippen molar-refractivity contribution < 1.29 is 19.0 Å². The third-order valence-corrected chi connectivity index (χ3v) is 4.16. The third-order valence-electron chi connectivity index (χ3n) is 4.16. The van der Waals surface area contributed by atoms with E-state index < -0.39 is 5.79 Å². The number of oxime groups is 1. The van der Waals surface area contributed by atoms with Crippen LogP contribution in [0.2, 0.25) is 0 Å². The normalized spacial score (nSPS) is 20.8. The van der Waals surface area contributed by atoms with E-state index in [9.17, 15) is 0 Å². The highest BCUT2D eigenvalue weighted by molar-refractivity contribution is 6.02. The maximum absolute atomic E-state index is 6.05. The quantitative estimate of drug-likeness (QED) is 0.865. The standard InChI is InChI=1S/C19H17NO4/c1-21-17-8-7-14(11-18(17)22-2)15-12-19(24-20-15)10-9-13-5-3-4-6-16(13)23-19/h3-11H,12H2,1-2H3. The summed E-state index contributed by atoms with van der Waals surface area (Å²) in [5.41, 5.74) is 2.76. The van der Waals surface area contributed by atoms with Crippen molar-refractivity contribution >= 4 is 11.8 Å². The summed E-state index contributed by atoms with van der Waals surface area (Å²) >= 11 is 0. The number of hydrogen-bond acceptors (Lipinski definition) is 5. The maximum atomic E-state index is 6.05. The van der Waals surface area contributed by atoms with Gasteiger partial charge in [-0.05, 0) is 30.3 Å². The fraction of sp³-hybridized carbons (Fsp3) is 0.211. The van der Waals surface area contributed by atoms with Crippen molar-refractivity contribution in [3.05, 3.63) is 59.7 Å². The largest absolute Gasteiger partial charge is 0.493 e. The molecule has 0 saturated carbocycles. The molecule has 0 aromatic heterocycles. The number of methoxy groups -OCH3 is 2. The second kappa shape index (κ2) is 5.60. The Morgan fingerprint density at radius 3 is 2.71 bits per heavy atom. The first-order valence-electron chi connectivity index (χ1n) is 7.68. The van der Waals surface area contributed by atoms with Gasteiger partial charge in [-0.2, -0.15) is 0 Å². The fourth-order valence-corrected chi connectivity index (χ4v) is 2.89. The molecule has 1 unspecified atom stereocenters. The number of hydrogen-bond donors (Lipinski definition) is 0. The van der Waals surface area contributed by atoms with Crippen LogP contribution in [0.3, 0.4) is 0 Å². The summed E-state index contributed by atoms with van der Waals surface area (Å²) in [4.78, 5) is 5.64. The lowest BCUT2D eigenvalue weighted by Gasteiger charge is -2.28. The van der Waals surface area contributed by atoms with E-state index in [0.717, 1.165) is 22.6 Å². The van der Waals surface area contributed by atoms with Gasteiger partial charge in [-0.1, -0.05) is 23.4 Å². The molecule has 0 N–H and O–H groups in total. The lowest BCUT2D eigenvalue weighted by molar-refractivity contribution is -0.127. The summed E-state index contributed by atoms with van der Waals surface area (Å²) in [6.45, 7) is 0. The molecule has 0 amide bonds. The van der Waals surface area contributed by atoms with Gasteiger partial charge in [0.15, 0.2) is 11.5 Å². The zero-order valence-electron chi connectivity index (χ0n) is 13.5. The predicted octanol–water partition coefficient (Wildman–Crippen LogP) is 3.63. The zero-order chi connectivity index (χ0) is 16.6. The van der Waals surface area contributed by atoms with Crippen molar-refractivity contribution in [1.82, 2.24) is 0 Å². The van der Waals surface area contributed by atoms with E-state index in [4.69, 9.17) is 19.0 Å². The molecule has 0 fully saturated rings. The topological polar surface area (TPSA) is 49.3 Å². The molecule has 5 nitrogen and oxygen atoms in total. The smallest absolute Gasteiger partial charge is 0.301 e. The van der Waals surface area contributed by atoms with Gasteiger partial charge < -0.3 is 19.0 Å². The Labute approximate surface area is 140 Å². The second-order valence-corrected chi connectivity index (χ2v) is 5.66. The van der Waals surface area contributed by atoms with E-state index in [1.165, 1.54) is 0 Å². The summed E-state index contributed by atoms with van der Waals surface area (Å²) in [6.07, 6.45) is 4.44. The Balaban J connectivity index is 1.59. The highest BCUT2D eigenvalue weighted by Gasteiger charge is 2.41. The van der Waals surface area contributed by atoms with Crippen LogP contribution in [-0.4, -0.2) is 25.7 Å². The molecule has 24 heavy (non-hydrogen) atoms. The van der Waals surface area contributed by atoms with Crippen molar-refractivity contribution in [3.8, 4) is 17.2 Å². The van der Waals surface area contributed by atoms with Crippen LogP contribution in [0.15, 0.2) is 53.7 Å². The summed E-state index contributed by atoms with van der Waals surface area (Å²) in [5, 5.41) is 4.23. The minimum atomic E-state index is -0.878. The van der Waals surface area contributed by atoms with Crippen molar-refractivity contribution in [2.75, 3.05) is 14.2 Å². The Kier molecular flexibility index (Phi) is 3.41. The van der Waals surface area contributed by atoms with Gasteiger partial charge in [0.2, 0.25) is 0 Å². The highest BCUT2D eigenvalue weighted by atomic mass is 16.8. The molecule has 1 spiro atoms. The summed E-state index contributed by atoms with van der Waals surface area (Å²) in [6, 6.07) is 13.5. The van der Waals surface area contributed by atoms with Crippen LogP contribution in [0, 0.1) is 0 Å². The lowest BCUT2D eigenvalue weighted by Crippen LogP contribution is -2.35. The average Bonchev–Trinajstić information content (AvgIpc) is 3.04. The first-order chi connectivity index (χ1) is 11.7. The number of fused-ring (bicyclic) bond motifs is 1. The summed E-state index contributed by atoms with van der Waals surface area (Å²) in [7, 11) is 3.22. The van der Waals surface area contributed by atoms with Gasteiger partial charge in [-0.15, -0.1) is 0 Å². The predicted molar refractivity (Wildman–Crippen MR) is 90.6 cm³/mol. The van der Waals surface area contributed by atoms with E-state index >= 15 is 0 Å². The average molecular weight is 323 g/mol. The van der Waals surface area contributed by atoms with Crippen LogP contribution in [0.25, 0.3) is 6.08 Å². The maximum Gasteiger partial charge on any atom is 0.301 e. The zero-order valence-corrected chi connectivity index (χ0v) is 13.5. The van der Waals surface area contributed by atoms with Crippen LogP contribution in [0.1, 0.15) is 17.5 Å². The second-order valence-electron chi connectivity index (χ2n) is 5.66. The van der Waals surface area contributed by atoms with Crippen molar-refractivity contribution in [2.45, 2.75) is 12.2 Å². The first-order valence-corrected chi connectivity index (χ1v) is 7.68. The molecule has 2 aromatic rings. The van der Waals surface area contributed by atoms with E-state index in [0.29, 0.717) is 17.9 Å². The number of rotatable bonds is 3. The molecule has 2 aliphatic heterocycles. The number of nitrogens with zero attached hydrogens (tertiary/aromatic N) is 1. The summed E-state index contributed by atoms with van der Waals surface area (Å²) in [5.74, 6) is 1.25. The van der Waals surface area contributed by atoms with Gasteiger partial charge >= 0.3 is 5.79 Å². The van der Waals surface area contributed by atoms with Crippen molar-refractivity contribution in [3.63, 3.8) is 0 Å². The molecule has 5 heteroatoms. The van der Waals surface area contributed by atoms with Gasteiger partial charge in [0.1, 0.15) is 5.75 Å². The van der Waals surface area contributed by atoms with Crippen LogP contribution in [0.4, 0.5) is 0 Å². The van der Waals surface area contributed by atoms with Crippen LogP contribution < -0.4 is 14.2 Å². The molecule has 0 bridgehead atoms. The molecular weight excluding hydrogens is 306 g/mol. The Bertz CT molecular complexity index is 843. The van der Waals surface area contributed by atoms with E-state index in [-0.39, 0.29) is 0 Å². The molecule has 122 valence electrons. The number of para-hydroxylation sites is 1. The Morgan fingerprint density at radius 1 is 1.04 bits per heavy atom. The van der Waals surface area contributed by atoms with E-state index in [1.54, 1.807) is 14.2 Å². The monoisotopic (exact) mass is 323 g/mol. The van der Waals surface area contributed by atoms with Crippen LogP contribution in [0.5, 0.6) is 17.2 Å². The van der Waals surface area contributed by atoms with Gasteiger partial charge in [-0.25, -0.2) is 0 Å².